The fourth-order valence-corrected chi connectivity index (χ4v) is 4.19. The maximum atomic E-state index is 13.4. The van der Waals surface area contributed by atoms with Crippen LogP contribution in [0.5, 0.6) is 5.75 Å². The van der Waals surface area contributed by atoms with Gasteiger partial charge in [-0.25, -0.2) is 0 Å². The van der Waals surface area contributed by atoms with Crippen molar-refractivity contribution < 1.29 is 18.7 Å². The number of fused-ring (bicyclic) bond motifs is 1. The van der Waals surface area contributed by atoms with E-state index >= 15 is 0 Å². The number of hydrogen-bond acceptors (Lipinski definition) is 5. The molecule has 0 spiro atoms. The van der Waals surface area contributed by atoms with Gasteiger partial charge in [-0.1, -0.05) is 18.2 Å². The van der Waals surface area contributed by atoms with Crippen molar-refractivity contribution in [2.45, 2.75) is 31.8 Å². The third-order valence-corrected chi connectivity index (χ3v) is 5.93. The summed E-state index contributed by atoms with van der Waals surface area (Å²) in [5.41, 5.74) is 2.13. The first-order valence-electron chi connectivity index (χ1n) is 10.9. The third kappa shape index (κ3) is 4.27. The molecule has 2 aromatic carbocycles. The van der Waals surface area contributed by atoms with E-state index in [1.54, 1.807) is 0 Å². The minimum absolute atomic E-state index is 0.00759. The Kier molecular flexibility index (Phi) is 5.56. The number of epoxide rings is 1. The zero-order valence-corrected chi connectivity index (χ0v) is 17.1. The van der Waals surface area contributed by atoms with Crippen molar-refractivity contribution in [3.8, 4) is 5.75 Å². The number of ketones is 1. The molecule has 2 fully saturated rings. The molecular formula is C25H27NO4. The van der Waals surface area contributed by atoms with Crippen LogP contribution in [-0.2, 0) is 11.2 Å². The fraction of sp³-hybridized carbons (Fsp3) is 0.400. The Hall–Kier alpha value is -2.63. The lowest BCUT2D eigenvalue weighted by molar-refractivity contribution is 0.103. The van der Waals surface area contributed by atoms with Gasteiger partial charge in [0, 0.05) is 17.4 Å². The van der Waals surface area contributed by atoms with Gasteiger partial charge in [-0.2, -0.15) is 0 Å². The number of benzene rings is 2. The van der Waals surface area contributed by atoms with Crippen LogP contribution in [0.3, 0.4) is 0 Å². The molecule has 0 saturated carbocycles. The Morgan fingerprint density at radius 1 is 1.07 bits per heavy atom. The van der Waals surface area contributed by atoms with Crippen LogP contribution >= 0.6 is 0 Å². The lowest BCUT2D eigenvalue weighted by atomic mass is 9.98. The maximum absolute atomic E-state index is 13.4. The molecule has 0 aliphatic carbocycles. The first-order valence-corrected chi connectivity index (χ1v) is 10.9. The number of para-hydroxylation sites is 1. The van der Waals surface area contributed by atoms with Gasteiger partial charge < -0.3 is 18.8 Å². The Labute approximate surface area is 176 Å². The molecule has 0 amide bonds. The van der Waals surface area contributed by atoms with Gasteiger partial charge in [-0.3, -0.25) is 4.79 Å². The van der Waals surface area contributed by atoms with Crippen molar-refractivity contribution in [3.05, 3.63) is 65.4 Å². The molecule has 5 nitrogen and oxygen atoms in total. The summed E-state index contributed by atoms with van der Waals surface area (Å²) >= 11 is 0. The van der Waals surface area contributed by atoms with Crippen molar-refractivity contribution >= 4 is 16.8 Å². The van der Waals surface area contributed by atoms with Crippen LogP contribution in [0, 0.1) is 0 Å². The van der Waals surface area contributed by atoms with E-state index in [4.69, 9.17) is 13.9 Å². The second-order valence-electron chi connectivity index (χ2n) is 8.17. The molecule has 1 atom stereocenters. The van der Waals surface area contributed by atoms with E-state index in [1.807, 2.05) is 48.5 Å². The van der Waals surface area contributed by atoms with Crippen molar-refractivity contribution in [1.29, 1.82) is 0 Å². The number of carbonyl (C=O) groups excluding carboxylic acids is 1. The van der Waals surface area contributed by atoms with Crippen molar-refractivity contribution in [2.75, 3.05) is 32.8 Å². The molecule has 2 aliphatic heterocycles. The quantitative estimate of drug-likeness (QED) is 0.388. The molecule has 3 heterocycles. The largest absolute Gasteiger partial charge is 0.491 e. The van der Waals surface area contributed by atoms with E-state index in [2.05, 4.69) is 4.90 Å². The van der Waals surface area contributed by atoms with Crippen LogP contribution in [0.25, 0.3) is 11.0 Å². The molecule has 30 heavy (non-hydrogen) atoms. The first kappa shape index (κ1) is 19.3. The summed E-state index contributed by atoms with van der Waals surface area (Å²) in [6, 6.07) is 15.2. The summed E-state index contributed by atoms with van der Waals surface area (Å²) in [5.74, 6) is 1.56. The Morgan fingerprint density at radius 2 is 1.83 bits per heavy atom. The lowest BCUT2D eigenvalue weighted by Gasteiger charge is -2.13. The molecule has 0 bridgehead atoms. The highest BCUT2D eigenvalue weighted by molar-refractivity contribution is 6.16. The summed E-state index contributed by atoms with van der Waals surface area (Å²) in [6.45, 7) is 4.76. The van der Waals surface area contributed by atoms with Gasteiger partial charge in [0.05, 0.1) is 12.2 Å². The van der Waals surface area contributed by atoms with Crippen LogP contribution in [-0.4, -0.2) is 49.6 Å². The standard InChI is InChI=1S/C25H27NO4/c27-25(18-9-11-19(12-10-18)28-16-20-17-29-20)24-21-6-1-2-7-22(21)30-23(24)8-5-15-26-13-3-4-14-26/h1-2,6-7,9-12,20H,3-5,8,13-17H2. The first-order chi connectivity index (χ1) is 14.8. The number of rotatable bonds is 9. The van der Waals surface area contributed by atoms with Crippen LogP contribution in [0.2, 0.25) is 0 Å². The number of ether oxygens (including phenoxy) is 2. The van der Waals surface area contributed by atoms with Gasteiger partial charge in [0.25, 0.3) is 0 Å². The monoisotopic (exact) mass is 405 g/mol. The number of nitrogens with zero attached hydrogens (tertiary/aromatic N) is 1. The van der Waals surface area contributed by atoms with Crippen LogP contribution in [0.4, 0.5) is 0 Å². The average Bonchev–Trinajstić information content (AvgIpc) is 3.32. The Bertz CT molecular complexity index is 1010. The highest BCUT2D eigenvalue weighted by Crippen LogP contribution is 2.30. The molecule has 0 radical (unpaired) electrons. The molecule has 0 N–H and O–H groups in total. The second-order valence-corrected chi connectivity index (χ2v) is 8.17. The predicted molar refractivity (Wildman–Crippen MR) is 115 cm³/mol. The summed E-state index contributed by atoms with van der Waals surface area (Å²) in [4.78, 5) is 15.9. The van der Waals surface area contributed by atoms with Crippen LogP contribution in [0.1, 0.15) is 40.9 Å². The fourth-order valence-electron chi connectivity index (χ4n) is 4.19. The van der Waals surface area contributed by atoms with Crippen molar-refractivity contribution in [2.24, 2.45) is 0 Å². The topological polar surface area (TPSA) is 55.2 Å². The highest BCUT2D eigenvalue weighted by atomic mass is 16.6. The number of aryl methyl sites for hydroxylation is 1. The predicted octanol–water partition coefficient (Wildman–Crippen LogP) is 4.47. The molecule has 2 saturated heterocycles. The van der Waals surface area contributed by atoms with Gasteiger partial charge in [-0.05, 0) is 69.2 Å². The third-order valence-electron chi connectivity index (χ3n) is 5.93. The summed E-state index contributed by atoms with van der Waals surface area (Å²) in [6.07, 6.45) is 4.57. The minimum Gasteiger partial charge on any atom is -0.491 e. The molecule has 5 heteroatoms. The Balaban J connectivity index is 1.35. The van der Waals surface area contributed by atoms with E-state index < -0.39 is 0 Å². The van der Waals surface area contributed by atoms with Crippen molar-refractivity contribution in [1.82, 2.24) is 4.90 Å². The number of likely N-dealkylation sites (tertiary alicyclic amines) is 1. The number of carbonyl (C=O) groups is 1. The summed E-state index contributed by atoms with van der Waals surface area (Å²) in [7, 11) is 0. The van der Waals surface area contributed by atoms with E-state index in [1.165, 1.54) is 25.9 Å². The maximum Gasteiger partial charge on any atom is 0.197 e. The van der Waals surface area contributed by atoms with Gasteiger partial charge in [0.2, 0.25) is 0 Å². The molecule has 5 rings (SSSR count). The molecular weight excluding hydrogens is 378 g/mol. The molecule has 2 aliphatic rings. The van der Waals surface area contributed by atoms with Crippen LogP contribution < -0.4 is 4.74 Å². The molecule has 156 valence electrons. The number of hydrogen-bond donors (Lipinski definition) is 0. The summed E-state index contributed by atoms with van der Waals surface area (Å²) < 4.78 is 17.0. The zero-order chi connectivity index (χ0) is 20.3. The van der Waals surface area contributed by atoms with E-state index in [0.717, 1.165) is 48.5 Å². The highest BCUT2D eigenvalue weighted by Gasteiger charge is 2.24. The van der Waals surface area contributed by atoms with E-state index in [9.17, 15) is 4.79 Å². The van der Waals surface area contributed by atoms with Crippen LogP contribution in [0.15, 0.2) is 52.9 Å². The molecule has 3 aromatic rings. The van der Waals surface area contributed by atoms with E-state index in [-0.39, 0.29) is 11.9 Å². The zero-order valence-electron chi connectivity index (χ0n) is 17.1. The molecule has 1 unspecified atom stereocenters. The molecule has 1 aromatic heterocycles. The SMILES string of the molecule is O=C(c1ccc(OCC2CO2)cc1)c1c(CCCN2CCCC2)oc2ccccc12. The van der Waals surface area contributed by atoms with Gasteiger partial charge in [0.15, 0.2) is 5.78 Å². The van der Waals surface area contributed by atoms with E-state index in [0.29, 0.717) is 17.7 Å². The van der Waals surface area contributed by atoms with Gasteiger partial charge >= 0.3 is 0 Å². The van der Waals surface area contributed by atoms with Gasteiger partial charge in [0.1, 0.15) is 29.8 Å². The smallest absolute Gasteiger partial charge is 0.197 e. The summed E-state index contributed by atoms with van der Waals surface area (Å²) in [5, 5.41) is 0.893. The number of furan rings is 1. The van der Waals surface area contributed by atoms with Crippen molar-refractivity contribution in [3.63, 3.8) is 0 Å². The average molecular weight is 405 g/mol. The Morgan fingerprint density at radius 3 is 2.60 bits per heavy atom. The normalized spacial score (nSPS) is 18.7. The minimum atomic E-state index is 0.00759. The van der Waals surface area contributed by atoms with Gasteiger partial charge in [-0.15, -0.1) is 0 Å². The lowest BCUT2D eigenvalue weighted by Crippen LogP contribution is -2.20. The second kappa shape index (κ2) is 8.62.